The van der Waals surface area contributed by atoms with Gasteiger partial charge in [0.05, 0.1) is 12.1 Å². The smallest absolute Gasteiger partial charge is 0.430 e. The molecule has 0 spiro atoms. The number of nitrogens with zero attached hydrogens (tertiary/aromatic N) is 1. The van der Waals surface area contributed by atoms with Gasteiger partial charge in [-0.25, -0.2) is 4.79 Å². The van der Waals surface area contributed by atoms with Gasteiger partial charge in [-0.15, -0.1) is 0 Å². The van der Waals surface area contributed by atoms with Crippen molar-refractivity contribution in [2.24, 2.45) is 0 Å². The average Bonchev–Trinajstić information content (AvgIpc) is 2.67. The first kappa shape index (κ1) is 24.1. The van der Waals surface area contributed by atoms with Crippen LogP contribution in [0.5, 0.6) is 0 Å². The van der Waals surface area contributed by atoms with Crippen LogP contribution in [0.3, 0.4) is 0 Å². The second kappa shape index (κ2) is 11.8. The molecule has 0 saturated heterocycles. The van der Waals surface area contributed by atoms with Gasteiger partial charge in [-0.2, -0.15) is 13.2 Å². The fourth-order valence-electron chi connectivity index (χ4n) is 2.40. The Morgan fingerprint density at radius 2 is 1.45 bits per heavy atom. The molecule has 0 saturated carbocycles. The van der Waals surface area contributed by atoms with Crippen LogP contribution in [0.4, 0.5) is 13.2 Å². The maximum Gasteiger partial charge on any atom is 0.430 e. The second-order valence-corrected chi connectivity index (χ2v) is 6.19. The summed E-state index contributed by atoms with van der Waals surface area (Å²) >= 11 is 0. The lowest BCUT2D eigenvalue weighted by Gasteiger charge is -2.22. The zero-order valence-electron chi connectivity index (χ0n) is 15.7. The molecule has 0 amide bonds. The van der Waals surface area contributed by atoms with Crippen LogP contribution in [0.2, 0.25) is 0 Å². The molecule has 4 N–H and O–H groups in total. The number of alkyl halides is 3. The van der Waals surface area contributed by atoms with Crippen molar-refractivity contribution in [2.75, 3.05) is 13.1 Å². The average molecular weight is 412 g/mol. The summed E-state index contributed by atoms with van der Waals surface area (Å²) in [5.41, 5.74) is 6.66. The van der Waals surface area contributed by atoms with Crippen LogP contribution in [0.25, 0.3) is 0 Å². The quantitative estimate of drug-likeness (QED) is 0.680. The van der Waals surface area contributed by atoms with Crippen LogP contribution in [0.1, 0.15) is 27.9 Å². The highest BCUT2D eigenvalue weighted by molar-refractivity contribution is 5.87. The number of hydrogen-bond donors (Lipinski definition) is 2. The lowest BCUT2D eigenvalue weighted by molar-refractivity contribution is -0.368. The molecule has 0 radical (unpaired) electrons. The minimum atomic E-state index is -5.19. The topological polar surface area (TPSA) is 108 Å². The monoisotopic (exact) mass is 412 g/mol. The normalized spacial score (nSPS) is 10.9. The molecular weight excluding hydrogens is 389 g/mol. The summed E-state index contributed by atoms with van der Waals surface area (Å²) in [6, 6.07) is 17.5. The molecular formula is C20H23F3N2O4. The van der Waals surface area contributed by atoms with Crippen LogP contribution < -0.4 is 10.8 Å². The van der Waals surface area contributed by atoms with Crippen molar-refractivity contribution in [1.82, 2.24) is 4.90 Å². The number of benzene rings is 2. The number of aliphatic carboxylic acids is 1. The molecule has 0 aliphatic rings. The fraction of sp³-hybridized carbons (Fsp3) is 0.300. The molecule has 0 fully saturated rings. The van der Waals surface area contributed by atoms with Crippen LogP contribution in [0.15, 0.2) is 54.6 Å². The van der Waals surface area contributed by atoms with Crippen molar-refractivity contribution in [1.29, 1.82) is 0 Å². The van der Waals surface area contributed by atoms with Gasteiger partial charge in [-0.3, -0.25) is 4.90 Å². The predicted octanol–water partition coefficient (Wildman–Crippen LogP) is 1.32. The highest BCUT2D eigenvalue weighted by Crippen LogP contribution is 2.12. The lowest BCUT2D eigenvalue weighted by Crippen LogP contribution is -2.51. The van der Waals surface area contributed by atoms with Gasteiger partial charge >= 0.3 is 12.1 Å². The molecule has 0 aliphatic carbocycles. The minimum Gasteiger partial charge on any atom is -0.542 e. The van der Waals surface area contributed by atoms with Crippen LogP contribution >= 0.6 is 0 Å². The molecule has 0 bridgehead atoms. The van der Waals surface area contributed by atoms with Gasteiger partial charge < -0.3 is 20.7 Å². The first-order chi connectivity index (χ1) is 13.6. The van der Waals surface area contributed by atoms with Gasteiger partial charge in [0.25, 0.3) is 0 Å². The van der Waals surface area contributed by atoms with E-state index in [0.29, 0.717) is 5.56 Å². The molecule has 29 heavy (non-hydrogen) atoms. The molecule has 2 rings (SSSR count). The molecule has 158 valence electrons. The summed E-state index contributed by atoms with van der Waals surface area (Å²) < 4.78 is 31.5. The van der Waals surface area contributed by atoms with E-state index in [1.807, 2.05) is 18.2 Å². The molecule has 6 nitrogen and oxygen atoms in total. The number of carbonyl (C=O) groups is 2. The largest absolute Gasteiger partial charge is 0.542 e. The standard InChI is InChI=1S/C18H22N2O2.C2HF3O2/c19-11-4-12-20(13-15-5-2-1-3-6-15)14-16-7-9-17(10-8-16)18(21)22;3-2(4,5)1(6)7/h1-3,5-10H,4,11-14,19H2,(H,21,22);(H,6,7). The van der Waals surface area contributed by atoms with E-state index in [1.54, 1.807) is 12.1 Å². The lowest BCUT2D eigenvalue weighted by atomic mass is 10.1. The van der Waals surface area contributed by atoms with Crippen LogP contribution in [0, 0.1) is 0 Å². The number of carboxylic acids is 2. The van der Waals surface area contributed by atoms with E-state index in [0.717, 1.165) is 38.2 Å². The van der Waals surface area contributed by atoms with Crippen molar-refractivity contribution < 1.29 is 38.7 Å². The van der Waals surface area contributed by atoms with Crippen molar-refractivity contribution in [3.8, 4) is 0 Å². The van der Waals surface area contributed by atoms with Crippen molar-refractivity contribution >= 4 is 11.9 Å². The molecule has 0 aromatic heterocycles. The van der Waals surface area contributed by atoms with E-state index >= 15 is 0 Å². The molecule has 9 heteroatoms. The van der Waals surface area contributed by atoms with E-state index in [1.165, 1.54) is 5.56 Å². The molecule has 2 aromatic rings. The molecule has 0 heterocycles. The number of quaternary nitrogens is 1. The third-order valence-electron chi connectivity index (χ3n) is 3.81. The molecule has 0 unspecified atom stereocenters. The Morgan fingerprint density at radius 1 is 0.966 bits per heavy atom. The third-order valence-corrected chi connectivity index (χ3v) is 3.81. The van der Waals surface area contributed by atoms with Crippen molar-refractivity contribution in [2.45, 2.75) is 25.7 Å². The first-order valence-corrected chi connectivity index (χ1v) is 8.79. The Hall–Kier alpha value is -2.91. The fourth-order valence-corrected chi connectivity index (χ4v) is 2.40. The summed E-state index contributed by atoms with van der Waals surface area (Å²) in [4.78, 5) is 22.1. The molecule has 0 aliphatic heterocycles. The summed E-state index contributed by atoms with van der Waals surface area (Å²) in [6.45, 7) is 3.61. The SMILES string of the molecule is O=C([O-])C(F)(F)F.[NH3+]CCCN(Cc1ccccc1)Cc1ccc(C(=O)O)cc1. The minimum absolute atomic E-state index is 0.330. The number of carbonyl (C=O) groups excluding carboxylic acids is 1. The van der Waals surface area contributed by atoms with Gasteiger partial charge in [-0.1, -0.05) is 42.5 Å². The maximum atomic E-state index is 10.9. The van der Waals surface area contributed by atoms with E-state index in [4.69, 9.17) is 15.0 Å². The second-order valence-electron chi connectivity index (χ2n) is 6.19. The van der Waals surface area contributed by atoms with Gasteiger partial charge in [0, 0.05) is 26.1 Å². The van der Waals surface area contributed by atoms with Crippen molar-refractivity contribution in [3.63, 3.8) is 0 Å². The number of carboxylic acid groups (broad SMARTS) is 2. The van der Waals surface area contributed by atoms with Crippen molar-refractivity contribution in [3.05, 3.63) is 71.3 Å². The Bertz CT molecular complexity index is 766. The van der Waals surface area contributed by atoms with Crippen LogP contribution in [-0.2, 0) is 17.9 Å². The first-order valence-electron chi connectivity index (χ1n) is 8.79. The number of hydrogen-bond acceptors (Lipinski definition) is 4. The highest BCUT2D eigenvalue weighted by atomic mass is 19.4. The van der Waals surface area contributed by atoms with Gasteiger partial charge in [0.2, 0.25) is 0 Å². The molecule has 2 aromatic carbocycles. The summed E-state index contributed by atoms with van der Waals surface area (Å²) in [5, 5.41) is 17.7. The van der Waals surface area contributed by atoms with E-state index < -0.39 is 18.1 Å². The van der Waals surface area contributed by atoms with Gasteiger partial charge in [-0.05, 0) is 23.3 Å². The zero-order valence-corrected chi connectivity index (χ0v) is 15.7. The van der Waals surface area contributed by atoms with Crippen LogP contribution in [-0.4, -0.2) is 41.2 Å². The Labute approximate surface area is 166 Å². The Balaban J connectivity index is 0.000000516. The third kappa shape index (κ3) is 9.72. The van der Waals surface area contributed by atoms with E-state index in [9.17, 15) is 18.0 Å². The maximum absolute atomic E-state index is 10.9. The molecule has 0 atom stereocenters. The predicted molar refractivity (Wildman–Crippen MR) is 97.4 cm³/mol. The summed E-state index contributed by atoms with van der Waals surface area (Å²) in [7, 11) is 0. The van der Waals surface area contributed by atoms with E-state index in [-0.39, 0.29) is 0 Å². The number of aromatic carboxylic acids is 1. The Kier molecular flexibility index (Phi) is 9.84. The highest BCUT2D eigenvalue weighted by Gasteiger charge is 2.28. The van der Waals surface area contributed by atoms with Gasteiger partial charge in [0.1, 0.15) is 5.97 Å². The zero-order chi connectivity index (χ0) is 21.9. The van der Waals surface area contributed by atoms with E-state index in [2.05, 4.69) is 34.9 Å². The summed E-state index contributed by atoms with van der Waals surface area (Å²) in [6.07, 6.45) is -4.14. The Morgan fingerprint density at radius 3 is 1.86 bits per heavy atom. The number of rotatable bonds is 8. The number of halogens is 3. The summed E-state index contributed by atoms with van der Waals surface area (Å²) in [5.74, 6) is -3.89. The van der Waals surface area contributed by atoms with Gasteiger partial charge in [0.15, 0.2) is 0 Å².